The van der Waals surface area contributed by atoms with Crippen LogP contribution in [0.1, 0.15) is 67.7 Å². The van der Waals surface area contributed by atoms with E-state index in [0.717, 1.165) is 4.90 Å². The highest BCUT2D eigenvalue weighted by Crippen LogP contribution is 2.38. The van der Waals surface area contributed by atoms with E-state index in [9.17, 15) is 20.0 Å². The van der Waals surface area contributed by atoms with Crippen molar-refractivity contribution in [1.29, 1.82) is 5.26 Å². The summed E-state index contributed by atoms with van der Waals surface area (Å²) in [4.78, 5) is 25.0. The second-order valence-corrected chi connectivity index (χ2v) is 9.25. The Bertz CT molecular complexity index is 621. The van der Waals surface area contributed by atoms with Gasteiger partial charge in [-0.05, 0) is 67.6 Å². The Labute approximate surface area is 168 Å². The summed E-state index contributed by atoms with van der Waals surface area (Å²) < 4.78 is 17.1. The van der Waals surface area contributed by atoms with Crippen molar-refractivity contribution in [1.82, 2.24) is 4.90 Å². The minimum absolute atomic E-state index is 0.0198. The zero-order chi connectivity index (χ0) is 22.0. The first-order valence-corrected chi connectivity index (χ1v) is 9.55. The quantitative estimate of drug-likeness (QED) is 0.518. The molecule has 1 unspecified atom stereocenters. The van der Waals surface area contributed by atoms with E-state index in [-0.39, 0.29) is 13.5 Å². The number of amides is 1. The molecule has 1 heterocycles. The predicted molar refractivity (Wildman–Crippen MR) is 105 cm³/mol. The summed E-state index contributed by atoms with van der Waals surface area (Å²) in [5, 5.41) is 19.3. The topological polar surface area (TPSA) is 109 Å². The van der Waals surface area contributed by atoms with Crippen LogP contribution < -0.4 is 0 Å². The van der Waals surface area contributed by atoms with Gasteiger partial charge in [-0.15, -0.1) is 0 Å². The number of nitrogens with zero attached hydrogens (tertiary/aromatic N) is 2. The number of carboxylic acid groups (broad SMARTS) is 1. The van der Waals surface area contributed by atoms with E-state index in [4.69, 9.17) is 14.0 Å². The number of carbonyl (C=O) groups excluding carboxylic acids is 1. The van der Waals surface area contributed by atoms with Gasteiger partial charge in [-0.3, -0.25) is 4.90 Å². The van der Waals surface area contributed by atoms with Crippen molar-refractivity contribution in [2.45, 2.75) is 96.4 Å². The molecule has 0 saturated carbocycles. The lowest BCUT2D eigenvalue weighted by molar-refractivity contribution is -0.147. The van der Waals surface area contributed by atoms with E-state index >= 15 is 0 Å². The second-order valence-electron chi connectivity index (χ2n) is 9.25. The van der Waals surface area contributed by atoms with Gasteiger partial charge in [0.05, 0.1) is 11.2 Å². The Hall–Kier alpha value is -1.79. The summed E-state index contributed by atoms with van der Waals surface area (Å²) in [7, 11) is 0.898. The standard InChI is InChI=1S/C19H33BN2O6/c1-16(2,3)26-15(25)22(8)19(13-21,14(23)24)11-9-10-12-20-27-17(4,5)18(6,7)28-20/h9-12H2,1-8H3,(H,23,24). The summed E-state index contributed by atoms with van der Waals surface area (Å²) in [5.74, 6) is -1.38. The number of aliphatic carboxylic acids is 1. The molecule has 1 atom stereocenters. The van der Waals surface area contributed by atoms with Crippen molar-refractivity contribution < 1.29 is 28.7 Å². The summed E-state index contributed by atoms with van der Waals surface area (Å²) in [6.07, 6.45) is 0.716. The fourth-order valence-electron chi connectivity index (χ4n) is 2.86. The number of hydrogen-bond acceptors (Lipinski definition) is 6. The third-order valence-corrected chi connectivity index (χ3v) is 5.31. The number of likely N-dealkylation sites (N-methyl/N-ethyl adjacent to an activating group) is 1. The molecule has 0 radical (unpaired) electrons. The highest BCUT2D eigenvalue weighted by atomic mass is 16.7. The van der Waals surface area contributed by atoms with Gasteiger partial charge in [0.25, 0.3) is 0 Å². The molecule has 8 nitrogen and oxygen atoms in total. The molecule has 1 saturated heterocycles. The molecule has 0 aliphatic carbocycles. The molecular formula is C19H33BN2O6. The van der Waals surface area contributed by atoms with Crippen LogP contribution in [0, 0.1) is 11.3 Å². The third kappa shape index (κ3) is 5.39. The van der Waals surface area contributed by atoms with Crippen LogP contribution in [0.25, 0.3) is 0 Å². The zero-order valence-electron chi connectivity index (χ0n) is 18.3. The number of nitriles is 1. The number of carboxylic acids is 1. The zero-order valence-corrected chi connectivity index (χ0v) is 18.3. The van der Waals surface area contributed by atoms with Crippen LogP contribution >= 0.6 is 0 Å². The lowest BCUT2D eigenvalue weighted by atomic mass is 9.81. The van der Waals surface area contributed by atoms with Crippen molar-refractivity contribution in [3.05, 3.63) is 0 Å². The van der Waals surface area contributed by atoms with Crippen molar-refractivity contribution in [2.75, 3.05) is 7.05 Å². The molecular weight excluding hydrogens is 363 g/mol. The van der Waals surface area contributed by atoms with Crippen LogP contribution in [0.5, 0.6) is 0 Å². The molecule has 0 aromatic heterocycles. The maximum atomic E-state index is 12.3. The van der Waals surface area contributed by atoms with E-state index in [1.54, 1.807) is 26.8 Å². The maximum absolute atomic E-state index is 12.3. The van der Waals surface area contributed by atoms with Gasteiger partial charge in [0.15, 0.2) is 0 Å². The Morgan fingerprint density at radius 1 is 1.14 bits per heavy atom. The Balaban J connectivity index is 2.72. The maximum Gasteiger partial charge on any atom is 0.457 e. The fraction of sp³-hybridized carbons (Fsp3) is 0.842. The average Bonchev–Trinajstić information content (AvgIpc) is 2.72. The lowest BCUT2D eigenvalue weighted by Gasteiger charge is -2.33. The van der Waals surface area contributed by atoms with Crippen molar-refractivity contribution in [3.8, 4) is 6.07 Å². The molecule has 28 heavy (non-hydrogen) atoms. The highest BCUT2D eigenvalue weighted by Gasteiger charge is 2.51. The SMILES string of the molecule is CN(C(=O)OC(C)(C)C)C(C#N)(CCCCB1OC(C)(C)C(C)(C)O1)C(=O)O. The third-order valence-electron chi connectivity index (χ3n) is 5.31. The first-order chi connectivity index (χ1) is 12.6. The minimum atomic E-state index is -1.99. The molecule has 1 aliphatic rings. The summed E-state index contributed by atoms with van der Waals surface area (Å²) in [6.45, 7) is 12.9. The molecule has 0 aromatic carbocycles. The molecule has 1 aliphatic heterocycles. The molecule has 0 spiro atoms. The van der Waals surface area contributed by atoms with Crippen LogP contribution in [-0.4, -0.2) is 58.6 Å². The van der Waals surface area contributed by atoms with E-state index in [1.807, 2.05) is 27.7 Å². The molecule has 1 rings (SSSR count). The Kier molecular flexibility index (Phi) is 7.19. The fourth-order valence-corrected chi connectivity index (χ4v) is 2.86. The number of ether oxygens (including phenoxy) is 1. The first-order valence-electron chi connectivity index (χ1n) is 9.55. The van der Waals surface area contributed by atoms with Crippen molar-refractivity contribution >= 4 is 19.2 Å². The minimum Gasteiger partial charge on any atom is -0.479 e. The van der Waals surface area contributed by atoms with Crippen molar-refractivity contribution in [3.63, 3.8) is 0 Å². The first kappa shape index (κ1) is 24.3. The Morgan fingerprint density at radius 3 is 2.04 bits per heavy atom. The largest absolute Gasteiger partial charge is 0.479 e. The van der Waals surface area contributed by atoms with Gasteiger partial charge >= 0.3 is 19.2 Å². The molecule has 0 aromatic rings. The molecule has 1 amide bonds. The van der Waals surface area contributed by atoms with Gasteiger partial charge in [-0.2, -0.15) is 5.26 Å². The van der Waals surface area contributed by atoms with Crippen LogP contribution in [0.15, 0.2) is 0 Å². The van der Waals surface area contributed by atoms with Gasteiger partial charge in [0, 0.05) is 7.05 Å². The molecule has 158 valence electrons. The average molecular weight is 396 g/mol. The molecule has 1 fully saturated rings. The van der Waals surface area contributed by atoms with E-state index < -0.39 is 34.4 Å². The molecule has 9 heteroatoms. The van der Waals surface area contributed by atoms with Crippen LogP contribution in [0.2, 0.25) is 6.32 Å². The normalized spacial score (nSPS) is 20.2. The van der Waals surface area contributed by atoms with Gasteiger partial charge in [-0.1, -0.05) is 6.42 Å². The second kappa shape index (κ2) is 8.30. The van der Waals surface area contributed by atoms with Gasteiger partial charge < -0.3 is 19.2 Å². The van der Waals surface area contributed by atoms with Gasteiger partial charge in [0.2, 0.25) is 5.54 Å². The predicted octanol–water partition coefficient (Wildman–Crippen LogP) is 3.46. The highest BCUT2D eigenvalue weighted by molar-refractivity contribution is 6.45. The van der Waals surface area contributed by atoms with Gasteiger partial charge in [0.1, 0.15) is 11.7 Å². The Morgan fingerprint density at radius 2 is 1.64 bits per heavy atom. The van der Waals surface area contributed by atoms with Crippen LogP contribution in [0.4, 0.5) is 4.79 Å². The lowest BCUT2D eigenvalue weighted by Crippen LogP contribution is -2.55. The summed E-state index contributed by atoms with van der Waals surface area (Å²) in [6, 6.07) is 1.80. The van der Waals surface area contributed by atoms with Crippen molar-refractivity contribution in [2.24, 2.45) is 0 Å². The van der Waals surface area contributed by atoms with E-state index in [2.05, 4.69) is 0 Å². The molecule has 1 N–H and O–H groups in total. The monoisotopic (exact) mass is 396 g/mol. The number of rotatable bonds is 7. The molecule has 0 bridgehead atoms. The number of unbranched alkanes of at least 4 members (excludes halogenated alkanes) is 1. The smallest absolute Gasteiger partial charge is 0.457 e. The van der Waals surface area contributed by atoms with Gasteiger partial charge in [-0.25, -0.2) is 9.59 Å². The van der Waals surface area contributed by atoms with Crippen LogP contribution in [-0.2, 0) is 18.8 Å². The summed E-state index contributed by atoms with van der Waals surface area (Å²) >= 11 is 0. The summed E-state index contributed by atoms with van der Waals surface area (Å²) in [5.41, 5.74) is -3.63. The van der Waals surface area contributed by atoms with Crippen LogP contribution in [0.3, 0.4) is 0 Å². The number of hydrogen-bond donors (Lipinski definition) is 1. The van der Waals surface area contributed by atoms with E-state index in [1.165, 1.54) is 7.05 Å². The number of carbonyl (C=O) groups is 2. The van der Waals surface area contributed by atoms with E-state index in [0.29, 0.717) is 19.2 Å².